The van der Waals surface area contributed by atoms with Crippen LogP contribution in [0.4, 0.5) is 0 Å². The maximum atomic E-state index is 12.1. The number of hydrogen-bond donors (Lipinski definition) is 1. The Balaban J connectivity index is 2.06. The van der Waals surface area contributed by atoms with Gasteiger partial charge < -0.3 is 5.32 Å². The van der Waals surface area contributed by atoms with Crippen LogP contribution in [0.5, 0.6) is 0 Å². The molecule has 0 fully saturated rings. The van der Waals surface area contributed by atoms with Crippen molar-refractivity contribution < 1.29 is 4.79 Å². The van der Waals surface area contributed by atoms with Crippen molar-refractivity contribution in [2.75, 3.05) is 0 Å². The van der Waals surface area contributed by atoms with E-state index in [-0.39, 0.29) is 5.91 Å². The molecular formula is C12H16BrN5O. The van der Waals surface area contributed by atoms with Gasteiger partial charge in [0.2, 0.25) is 0 Å². The monoisotopic (exact) mass is 325 g/mol. The van der Waals surface area contributed by atoms with Gasteiger partial charge in [-0.1, -0.05) is 0 Å². The number of hydrogen-bond acceptors (Lipinski definition) is 3. The molecule has 0 unspecified atom stereocenters. The van der Waals surface area contributed by atoms with Crippen LogP contribution in [-0.4, -0.2) is 25.5 Å². The lowest BCUT2D eigenvalue weighted by Gasteiger charge is -2.08. The van der Waals surface area contributed by atoms with Gasteiger partial charge in [-0.15, -0.1) is 0 Å². The zero-order valence-corrected chi connectivity index (χ0v) is 12.5. The first-order valence-electron chi connectivity index (χ1n) is 6.17. The van der Waals surface area contributed by atoms with E-state index in [0.29, 0.717) is 18.8 Å². The Labute approximate surface area is 119 Å². The minimum Gasteiger partial charge on any atom is -0.345 e. The first-order valence-corrected chi connectivity index (χ1v) is 6.96. The third-order valence-corrected chi connectivity index (χ3v) is 3.52. The Hall–Kier alpha value is -1.63. The molecule has 2 aromatic rings. The zero-order valence-electron chi connectivity index (χ0n) is 10.9. The number of nitrogens with zero attached hydrogens (tertiary/aromatic N) is 4. The Morgan fingerprint density at radius 1 is 1.32 bits per heavy atom. The average Bonchev–Trinajstić information content (AvgIpc) is 3.02. The SMILES string of the molecule is CCn1nccc1C(=O)NCc1c(Br)cnn1CC. The molecule has 102 valence electrons. The fourth-order valence-corrected chi connectivity index (χ4v) is 2.30. The summed E-state index contributed by atoms with van der Waals surface area (Å²) in [5, 5.41) is 11.2. The van der Waals surface area contributed by atoms with Gasteiger partial charge in [-0.3, -0.25) is 14.2 Å². The van der Waals surface area contributed by atoms with Gasteiger partial charge in [0.25, 0.3) is 5.91 Å². The van der Waals surface area contributed by atoms with Crippen LogP contribution in [0.3, 0.4) is 0 Å². The number of carbonyl (C=O) groups excluding carboxylic acids is 1. The zero-order chi connectivity index (χ0) is 13.8. The van der Waals surface area contributed by atoms with E-state index in [2.05, 4.69) is 31.4 Å². The minimum atomic E-state index is -0.130. The van der Waals surface area contributed by atoms with Crippen molar-refractivity contribution in [1.29, 1.82) is 0 Å². The average molecular weight is 326 g/mol. The molecule has 0 saturated carbocycles. The molecule has 0 aliphatic rings. The first kappa shape index (κ1) is 13.8. The predicted octanol–water partition coefficient (Wildman–Crippen LogP) is 1.81. The van der Waals surface area contributed by atoms with Gasteiger partial charge >= 0.3 is 0 Å². The van der Waals surface area contributed by atoms with Gasteiger partial charge in [0.05, 0.1) is 22.9 Å². The molecule has 1 amide bonds. The molecule has 2 aromatic heterocycles. The molecule has 2 rings (SSSR count). The summed E-state index contributed by atoms with van der Waals surface area (Å²) >= 11 is 3.43. The number of aryl methyl sites for hydroxylation is 2. The Bertz CT molecular complexity index is 574. The fourth-order valence-electron chi connectivity index (χ4n) is 1.87. The minimum absolute atomic E-state index is 0.130. The molecule has 0 radical (unpaired) electrons. The molecule has 0 aliphatic heterocycles. The van der Waals surface area contributed by atoms with Crippen LogP contribution in [-0.2, 0) is 19.6 Å². The fraction of sp³-hybridized carbons (Fsp3) is 0.417. The van der Waals surface area contributed by atoms with E-state index < -0.39 is 0 Å². The van der Waals surface area contributed by atoms with Crippen LogP contribution < -0.4 is 5.32 Å². The maximum absolute atomic E-state index is 12.1. The third kappa shape index (κ3) is 2.86. The number of nitrogens with one attached hydrogen (secondary N) is 1. The number of halogens is 1. The molecule has 0 aliphatic carbocycles. The van der Waals surface area contributed by atoms with Gasteiger partial charge in [0, 0.05) is 19.3 Å². The van der Waals surface area contributed by atoms with Crippen LogP contribution in [0, 0.1) is 0 Å². The summed E-state index contributed by atoms with van der Waals surface area (Å²) in [6.45, 7) is 5.83. The van der Waals surface area contributed by atoms with Crippen molar-refractivity contribution in [3.63, 3.8) is 0 Å². The lowest BCUT2D eigenvalue weighted by atomic mass is 10.3. The number of rotatable bonds is 5. The van der Waals surface area contributed by atoms with E-state index in [4.69, 9.17) is 0 Å². The van der Waals surface area contributed by atoms with Crippen LogP contribution in [0.25, 0.3) is 0 Å². The lowest BCUT2D eigenvalue weighted by Crippen LogP contribution is -2.27. The molecule has 0 spiro atoms. The second-order valence-electron chi connectivity index (χ2n) is 3.97. The smallest absolute Gasteiger partial charge is 0.269 e. The van der Waals surface area contributed by atoms with E-state index in [1.54, 1.807) is 23.1 Å². The number of aromatic nitrogens is 4. The summed E-state index contributed by atoms with van der Waals surface area (Å²) in [5.41, 5.74) is 1.53. The standard InChI is InChI=1S/C12H16BrN5O/c1-3-17-10(5-6-15-17)12(19)14-8-11-9(13)7-16-18(11)4-2/h5-7H,3-4,8H2,1-2H3,(H,14,19). The molecule has 19 heavy (non-hydrogen) atoms. The van der Waals surface area contributed by atoms with E-state index in [1.807, 2.05) is 18.5 Å². The summed E-state index contributed by atoms with van der Waals surface area (Å²) in [7, 11) is 0. The predicted molar refractivity (Wildman–Crippen MR) is 74.7 cm³/mol. The van der Waals surface area contributed by atoms with Gasteiger partial charge in [-0.25, -0.2) is 0 Å². The van der Waals surface area contributed by atoms with E-state index in [9.17, 15) is 4.79 Å². The van der Waals surface area contributed by atoms with Crippen LogP contribution in [0.15, 0.2) is 22.9 Å². The highest BCUT2D eigenvalue weighted by atomic mass is 79.9. The van der Waals surface area contributed by atoms with E-state index in [1.165, 1.54) is 0 Å². The lowest BCUT2D eigenvalue weighted by molar-refractivity contribution is 0.0939. The van der Waals surface area contributed by atoms with Gasteiger partial charge in [-0.2, -0.15) is 10.2 Å². The summed E-state index contributed by atoms with van der Waals surface area (Å²) in [6, 6.07) is 1.71. The molecule has 2 heterocycles. The van der Waals surface area contributed by atoms with Crippen molar-refractivity contribution in [2.45, 2.75) is 33.5 Å². The Kier molecular flexibility index (Phi) is 4.36. The highest BCUT2D eigenvalue weighted by Gasteiger charge is 2.13. The quantitative estimate of drug-likeness (QED) is 0.911. The number of amides is 1. The molecule has 0 aromatic carbocycles. The van der Waals surface area contributed by atoms with E-state index in [0.717, 1.165) is 16.7 Å². The van der Waals surface area contributed by atoms with Crippen LogP contribution in [0.2, 0.25) is 0 Å². The van der Waals surface area contributed by atoms with E-state index >= 15 is 0 Å². The van der Waals surface area contributed by atoms with Crippen molar-refractivity contribution in [3.05, 3.63) is 34.3 Å². The summed E-state index contributed by atoms with van der Waals surface area (Å²) < 4.78 is 4.42. The van der Waals surface area contributed by atoms with Crippen molar-refractivity contribution in [3.8, 4) is 0 Å². The molecule has 0 atom stereocenters. The van der Waals surface area contributed by atoms with Crippen LogP contribution in [0.1, 0.15) is 30.0 Å². The second kappa shape index (κ2) is 6.01. The summed E-state index contributed by atoms with van der Waals surface area (Å²) in [5.74, 6) is -0.130. The highest BCUT2D eigenvalue weighted by Crippen LogP contribution is 2.15. The summed E-state index contributed by atoms with van der Waals surface area (Å²) in [6.07, 6.45) is 3.37. The first-order chi connectivity index (χ1) is 9.17. The molecule has 7 heteroatoms. The van der Waals surface area contributed by atoms with Gasteiger partial charge in [0.1, 0.15) is 5.69 Å². The van der Waals surface area contributed by atoms with Crippen molar-refractivity contribution in [2.24, 2.45) is 0 Å². The molecule has 1 N–H and O–H groups in total. The topological polar surface area (TPSA) is 64.7 Å². The van der Waals surface area contributed by atoms with Gasteiger partial charge in [0.15, 0.2) is 0 Å². The maximum Gasteiger partial charge on any atom is 0.269 e. The largest absolute Gasteiger partial charge is 0.345 e. The van der Waals surface area contributed by atoms with Crippen molar-refractivity contribution >= 4 is 21.8 Å². The Morgan fingerprint density at radius 3 is 2.74 bits per heavy atom. The van der Waals surface area contributed by atoms with Crippen molar-refractivity contribution in [1.82, 2.24) is 24.9 Å². The third-order valence-electron chi connectivity index (χ3n) is 2.86. The Morgan fingerprint density at radius 2 is 2.05 bits per heavy atom. The molecule has 0 saturated heterocycles. The van der Waals surface area contributed by atoms with Crippen LogP contribution >= 0.6 is 15.9 Å². The number of carbonyl (C=O) groups is 1. The second-order valence-corrected chi connectivity index (χ2v) is 4.82. The molecule has 6 nitrogen and oxygen atoms in total. The summed E-state index contributed by atoms with van der Waals surface area (Å²) in [4.78, 5) is 12.1. The molecule has 0 bridgehead atoms. The normalized spacial score (nSPS) is 10.7. The highest BCUT2D eigenvalue weighted by molar-refractivity contribution is 9.10. The molecular weight excluding hydrogens is 310 g/mol. The van der Waals surface area contributed by atoms with Gasteiger partial charge in [-0.05, 0) is 35.8 Å².